The summed E-state index contributed by atoms with van der Waals surface area (Å²) < 4.78 is 31.5. The lowest BCUT2D eigenvalue weighted by Crippen LogP contribution is -2.34. The normalized spacial score (nSPS) is 13.0. The third kappa shape index (κ3) is 4.31. The van der Waals surface area contributed by atoms with Gasteiger partial charge in [0.05, 0.1) is 6.04 Å². The van der Waals surface area contributed by atoms with Crippen molar-refractivity contribution >= 4 is 6.09 Å². The topological polar surface area (TPSA) is 38.3 Å². The molecule has 0 aromatic heterocycles. The van der Waals surface area contributed by atoms with Crippen molar-refractivity contribution in [3.63, 3.8) is 0 Å². The summed E-state index contributed by atoms with van der Waals surface area (Å²) in [4.78, 5) is 11.5. The van der Waals surface area contributed by atoms with E-state index in [1.165, 1.54) is 0 Å². The molecule has 1 N–H and O–H groups in total. The SMILES string of the molecule is CC(NC(=O)OC(C)(C)C)c1cc(F)ccc1F. The van der Waals surface area contributed by atoms with Gasteiger partial charge in [0.1, 0.15) is 17.2 Å². The first-order valence-corrected chi connectivity index (χ1v) is 5.63. The maximum absolute atomic E-state index is 13.4. The van der Waals surface area contributed by atoms with Gasteiger partial charge < -0.3 is 10.1 Å². The molecule has 1 aromatic rings. The smallest absolute Gasteiger partial charge is 0.408 e. The lowest BCUT2D eigenvalue weighted by molar-refractivity contribution is 0.0507. The van der Waals surface area contributed by atoms with E-state index >= 15 is 0 Å². The van der Waals surface area contributed by atoms with E-state index in [0.29, 0.717) is 0 Å². The molecule has 5 heteroatoms. The fourth-order valence-corrected chi connectivity index (χ4v) is 1.41. The van der Waals surface area contributed by atoms with Gasteiger partial charge in [0.25, 0.3) is 0 Å². The number of carbonyl (C=O) groups is 1. The second-order valence-corrected chi connectivity index (χ2v) is 5.03. The van der Waals surface area contributed by atoms with Crippen LogP contribution in [0.15, 0.2) is 18.2 Å². The van der Waals surface area contributed by atoms with Gasteiger partial charge in [0.15, 0.2) is 0 Å². The maximum Gasteiger partial charge on any atom is 0.408 e. The predicted octanol–water partition coefficient (Wildman–Crippen LogP) is 3.55. The minimum Gasteiger partial charge on any atom is -0.444 e. The van der Waals surface area contributed by atoms with Crippen LogP contribution in [0.2, 0.25) is 0 Å². The van der Waals surface area contributed by atoms with Crippen molar-refractivity contribution < 1.29 is 18.3 Å². The molecule has 0 heterocycles. The Morgan fingerprint density at radius 2 is 1.94 bits per heavy atom. The monoisotopic (exact) mass is 257 g/mol. The first kappa shape index (κ1) is 14.4. The van der Waals surface area contributed by atoms with E-state index < -0.39 is 29.4 Å². The lowest BCUT2D eigenvalue weighted by atomic mass is 10.1. The van der Waals surface area contributed by atoms with Crippen molar-refractivity contribution in [1.82, 2.24) is 5.32 Å². The van der Waals surface area contributed by atoms with Gasteiger partial charge >= 0.3 is 6.09 Å². The van der Waals surface area contributed by atoms with E-state index in [-0.39, 0.29) is 5.56 Å². The molecule has 3 nitrogen and oxygen atoms in total. The van der Waals surface area contributed by atoms with Crippen molar-refractivity contribution in [1.29, 1.82) is 0 Å². The zero-order valence-electron chi connectivity index (χ0n) is 10.9. The van der Waals surface area contributed by atoms with Gasteiger partial charge in [-0.25, -0.2) is 13.6 Å². The van der Waals surface area contributed by atoms with Crippen molar-refractivity contribution in [3.8, 4) is 0 Å². The average molecular weight is 257 g/mol. The van der Waals surface area contributed by atoms with Crippen molar-refractivity contribution in [2.45, 2.75) is 39.3 Å². The Morgan fingerprint density at radius 1 is 1.33 bits per heavy atom. The van der Waals surface area contributed by atoms with E-state index in [1.807, 2.05) is 0 Å². The molecule has 0 aliphatic heterocycles. The highest BCUT2D eigenvalue weighted by Gasteiger charge is 2.19. The molecule has 0 bridgehead atoms. The number of halogens is 2. The molecule has 1 rings (SSSR count). The summed E-state index contributed by atoms with van der Waals surface area (Å²) in [7, 11) is 0. The number of amides is 1. The van der Waals surface area contributed by atoms with Crippen molar-refractivity contribution in [2.24, 2.45) is 0 Å². The zero-order chi connectivity index (χ0) is 13.9. The number of benzene rings is 1. The average Bonchev–Trinajstić information content (AvgIpc) is 2.18. The Morgan fingerprint density at radius 3 is 2.50 bits per heavy atom. The van der Waals surface area contributed by atoms with Gasteiger partial charge in [-0.05, 0) is 45.9 Å². The fourth-order valence-electron chi connectivity index (χ4n) is 1.41. The van der Waals surface area contributed by atoms with Crippen LogP contribution in [0.1, 0.15) is 39.3 Å². The standard InChI is InChI=1S/C13H17F2NO2/c1-8(16-12(17)18-13(2,3)4)10-7-9(14)5-6-11(10)15/h5-8H,1-4H3,(H,16,17). The predicted molar refractivity (Wildman–Crippen MR) is 64.1 cm³/mol. The largest absolute Gasteiger partial charge is 0.444 e. The maximum atomic E-state index is 13.4. The van der Waals surface area contributed by atoms with Gasteiger partial charge in [-0.15, -0.1) is 0 Å². The molecule has 100 valence electrons. The quantitative estimate of drug-likeness (QED) is 0.879. The van der Waals surface area contributed by atoms with Gasteiger partial charge in [-0.1, -0.05) is 0 Å². The summed E-state index contributed by atoms with van der Waals surface area (Å²) in [5.41, 5.74) is -0.551. The molecule has 1 aromatic carbocycles. The number of hydrogen-bond donors (Lipinski definition) is 1. The van der Waals surface area contributed by atoms with Gasteiger partial charge in [0.2, 0.25) is 0 Å². The second-order valence-electron chi connectivity index (χ2n) is 5.03. The number of nitrogens with one attached hydrogen (secondary N) is 1. The molecule has 0 saturated heterocycles. The Kier molecular flexibility index (Phi) is 4.27. The summed E-state index contributed by atoms with van der Waals surface area (Å²) in [5, 5.41) is 2.45. The number of ether oxygens (including phenoxy) is 1. The number of hydrogen-bond acceptors (Lipinski definition) is 2. The van der Waals surface area contributed by atoms with E-state index in [1.54, 1.807) is 27.7 Å². The highest BCUT2D eigenvalue weighted by Crippen LogP contribution is 2.18. The van der Waals surface area contributed by atoms with E-state index in [4.69, 9.17) is 4.74 Å². The van der Waals surface area contributed by atoms with Crippen LogP contribution in [0.3, 0.4) is 0 Å². The molecule has 1 atom stereocenters. The number of rotatable bonds is 2. The van der Waals surface area contributed by atoms with Crippen LogP contribution in [0.5, 0.6) is 0 Å². The molecule has 0 aliphatic carbocycles. The molecule has 18 heavy (non-hydrogen) atoms. The summed E-state index contributed by atoms with van der Waals surface area (Å²) in [6.07, 6.45) is -0.668. The van der Waals surface area contributed by atoms with Crippen LogP contribution in [0, 0.1) is 11.6 Å². The van der Waals surface area contributed by atoms with Crippen LogP contribution in [0.4, 0.5) is 13.6 Å². The summed E-state index contributed by atoms with van der Waals surface area (Å²) >= 11 is 0. The molecular formula is C13H17F2NO2. The van der Waals surface area contributed by atoms with E-state index in [9.17, 15) is 13.6 Å². The molecule has 1 amide bonds. The van der Waals surface area contributed by atoms with Crippen LogP contribution >= 0.6 is 0 Å². The molecule has 0 saturated carbocycles. The molecule has 0 spiro atoms. The van der Waals surface area contributed by atoms with Gasteiger partial charge in [-0.3, -0.25) is 0 Å². The third-order valence-electron chi connectivity index (χ3n) is 2.16. The Labute approximate surface area is 105 Å². The van der Waals surface area contributed by atoms with Crippen LogP contribution in [0.25, 0.3) is 0 Å². The summed E-state index contributed by atoms with van der Waals surface area (Å²) in [5.74, 6) is -1.12. The highest BCUT2D eigenvalue weighted by atomic mass is 19.1. The Balaban J connectivity index is 2.73. The Bertz CT molecular complexity index is 441. The first-order chi connectivity index (χ1) is 8.19. The molecular weight excluding hydrogens is 240 g/mol. The highest BCUT2D eigenvalue weighted by molar-refractivity contribution is 5.68. The number of carbonyl (C=O) groups excluding carboxylic acids is 1. The fraction of sp³-hybridized carbons (Fsp3) is 0.462. The molecule has 0 fully saturated rings. The zero-order valence-corrected chi connectivity index (χ0v) is 10.9. The van der Waals surface area contributed by atoms with Crippen molar-refractivity contribution in [3.05, 3.63) is 35.4 Å². The van der Waals surface area contributed by atoms with Crippen LogP contribution < -0.4 is 5.32 Å². The van der Waals surface area contributed by atoms with Crippen molar-refractivity contribution in [2.75, 3.05) is 0 Å². The lowest BCUT2D eigenvalue weighted by Gasteiger charge is -2.22. The minimum atomic E-state index is -0.671. The molecule has 0 radical (unpaired) electrons. The Hall–Kier alpha value is -1.65. The summed E-state index contributed by atoms with van der Waals surface area (Å²) in [6.45, 7) is 6.72. The van der Waals surface area contributed by atoms with Crippen LogP contribution in [-0.4, -0.2) is 11.7 Å². The molecule has 0 aliphatic rings. The van der Waals surface area contributed by atoms with Crippen LogP contribution in [-0.2, 0) is 4.74 Å². The third-order valence-corrected chi connectivity index (χ3v) is 2.16. The second kappa shape index (κ2) is 5.33. The van der Waals surface area contributed by atoms with Gasteiger partial charge in [-0.2, -0.15) is 0 Å². The van der Waals surface area contributed by atoms with Gasteiger partial charge in [0, 0.05) is 5.56 Å². The van der Waals surface area contributed by atoms with E-state index in [0.717, 1.165) is 18.2 Å². The summed E-state index contributed by atoms with van der Waals surface area (Å²) in [6, 6.07) is 2.43. The number of alkyl carbamates (subject to hydrolysis) is 1. The molecule has 1 unspecified atom stereocenters. The minimum absolute atomic E-state index is 0.0841. The van der Waals surface area contributed by atoms with E-state index in [2.05, 4.69) is 5.32 Å². The first-order valence-electron chi connectivity index (χ1n) is 5.63.